The maximum atomic E-state index is 13.5. The highest BCUT2D eigenvalue weighted by atomic mass is 19.1. The van der Waals surface area contributed by atoms with E-state index < -0.39 is 17.6 Å². The molecule has 0 aliphatic heterocycles. The monoisotopic (exact) mass is 378 g/mol. The number of hydrogen-bond donors (Lipinski definition) is 2. The maximum Gasteiger partial charge on any atom is 0.276 e. The van der Waals surface area contributed by atoms with Crippen molar-refractivity contribution in [1.82, 2.24) is 10.9 Å². The number of para-hydroxylation sites is 1. The number of hydrogen-bond acceptors (Lipinski definition) is 3. The van der Waals surface area contributed by atoms with Crippen molar-refractivity contribution in [2.75, 3.05) is 6.61 Å². The number of halogens is 1. The van der Waals surface area contributed by atoms with Crippen LogP contribution in [0.1, 0.15) is 5.56 Å². The molecule has 3 aromatic rings. The zero-order chi connectivity index (χ0) is 19.8. The van der Waals surface area contributed by atoms with Gasteiger partial charge in [-0.15, -0.1) is 0 Å². The number of carbonyl (C=O) groups excluding carboxylic acids is 2. The van der Waals surface area contributed by atoms with Gasteiger partial charge in [-0.2, -0.15) is 0 Å². The number of carbonyl (C=O) groups is 2. The van der Waals surface area contributed by atoms with Gasteiger partial charge in [0.15, 0.2) is 6.61 Å². The topological polar surface area (TPSA) is 67.4 Å². The standard InChI is InChI=1S/C22H19FN2O3/c23-19-12-6-4-10-17(19)14-21(26)24-25-22(27)15-28-20-13-7-5-11-18(20)16-8-2-1-3-9-16/h1-13H,14-15H2,(H,24,26)(H,25,27). The average Bonchev–Trinajstić information content (AvgIpc) is 2.73. The van der Waals surface area contributed by atoms with Gasteiger partial charge in [0, 0.05) is 5.56 Å². The summed E-state index contributed by atoms with van der Waals surface area (Å²) >= 11 is 0. The summed E-state index contributed by atoms with van der Waals surface area (Å²) in [6.07, 6.45) is -0.176. The molecule has 0 saturated heterocycles. The van der Waals surface area contributed by atoms with Gasteiger partial charge in [0.2, 0.25) is 5.91 Å². The fourth-order valence-corrected chi connectivity index (χ4v) is 2.63. The molecule has 3 rings (SSSR count). The van der Waals surface area contributed by atoms with Crippen molar-refractivity contribution in [3.05, 3.63) is 90.2 Å². The van der Waals surface area contributed by atoms with E-state index in [1.165, 1.54) is 12.1 Å². The van der Waals surface area contributed by atoms with Crippen LogP contribution in [0.3, 0.4) is 0 Å². The molecule has 2 amide bonds. The van der Waals surface area contributed by atoms with E-state index in [1.807, 2.05) is 48.5 Å². The van der Waals surface area contributed by atoms with E-state index in [1.54, 1.807) is 18.2 Å². The largest absolute Gasteiger partial charge is 0.483 e. The van der Waals surface area contributed by atoms with Crippen molar-refractivity contribution in [3.8, 4) is 16.9 Å². The van der Waals surface area contributed by atoms with Gasteiger partial charge in [0.25, 0.3) is 5.91 Å². The third-order valence-corrected chi connectivity index (χ3v) is 3.98. The Labute approximate surface area is 162 Å². The van der Waals surface area contributed by atoms with Crippen LogP contribution in [-0.4, -0.2) is 18.4 Å². The van der Waals surface area contributed by atoms with Gasteiger partial charge in [-0.1, -0.05) is 66.7 Å². The summed E-state index contributed by atoms with van der Waals surface area (Å²) in [7, 11) is 0. The first-order valence-electron chi connectivity index (χ1n) is 8.72. The van der Waals surface area contributed by atoms with Gasteiger partial charge in [0.1, 0.15) is 11.6 Å². The zero-order valence-electron chi connectivity index (χ0n) is 15.0. The first-order chi connectivity index (χ1) is 13.6. The van der Waals surface area contributed by atoms with Gasteiger partial charge in [-0.3, -0.25) is 20.4 Å². The van der Waals surface area contributed by atoms with Gasteiger partial charge in [-0.05, 0) is 23.3 Å². The summed E-state index contributed by atoms with van der Waals surface area (Å²) in [5.41, 5.74) is 6.60. The van der Waals surface area contributed by atoms with Crippen LogP contribution in [0, 0.1) is 5.82 Å². The molecule has 0 aliphatic rings. The summed E-state index contributed by atoms with van der Waals surface area (Å²) in [6.45, 7) is -0.274. The summed E-state index contributed by atoms with van der Waals surface area (Å²) in [4.78, 5) is 23.8. The SMILES string of the molecule is O=C(COc1ccccc1-c1ccccc1)NNC(=O)Cc1ccccc1F. The minimum absolute atomic E-state index is 0.176. The summed E-state index contributed by atoms with van der Waals surface area (Å²) in [5, 5.41) is 0. The molecule has 0 radical (unpaired) electrons. The molecule has 0 bridgehead atoms. The lowest BCUT2D eigenvalue weighted by Crippen LogP contribution is -2.44. The molecule has 0 aromatic heterocycles. The molecule has 0 atom stereocenters. The Morgan fingerprint density at radius 2 is 1.43 bits per heavy atom. The van der Waals surface area contributed by atoms with Crippen molar-refractivity contribution in [2.24, 2.45) is 0 Å². The Hall–Kier alpha value is -3.67. The molecule has 0 unspecified atom stereocenters. The number of ether oxygens (including phenoxy) is 1. The van der Waals surface area contributed by atoms with Gasteiger partial charge in [-0.25, -0.2) is 4.39 Å². The summed E-state index contributed by atoms with van der Waals surface area (Å²) in [6, 6.07) is 23.0. The fraction of sp³-hybridized carbons (Fsp3) is 0.0909. The van der Waals surface area contributed by atoms with E-state index in [2.05, 4.69) is 10.9 Å². The van der Waals surface area contributed by atoms with Crippen molar-refractivity contribution in [2.45, 2.75) is 6.42 Å². The molecule has 142 valence electrons. The predicted octanol–water partition coefficient (Wildman–Crippen LogP) is 3.26. The molecule has 6 heteroatoms. The van der Waals surface area contributed by atoms with Crippen molar-refractivity contribution in [3.63, 3.8) is 0 Å². The third-order valence-electron chi connectivity index (χ3n) is 3.98. The van der Waals surface area contributed by atoms with Crippen molar-refractivity contribution >= 4 is 11.8 Å². The summed E-state index contributed by atoms with van der Waals surface area (Å²) < 4.78 is 19.1. The minimum atomic E-state index is -0.525. The van der Waals surface area contributed by atoms with Gasteiger partial charge >= 0.3 is 0 Å². The first kappa shape index (κ1) is 19.1. The van der Waals surface area contributed by atoms with Crippen molar-refractivity contribution in [1.29, 1.82) is 0 Å². The molecular formula is C22H19FN2O3. The van der Waals surface area contributed by atoms with E-state index in [9.17, 15) is 14.0 Å². The second-order valence-electron chi connectivity index (χ2n) is 6.02. The Morgan fingerprint density at radius 1 is 0.786 bits per heavy atom. The maximum absolute atomic E-state index is 13.5. The smallest absolute Gasteiger partial charge is 0.276 e. The highest BCUT2D eigenvalue weighted by Crippen LogP contribution is 2.29. The van der Waals surface area contributed by atoms with E-state index in [0.29, 0.717) is 5.75 Å². The molecule has 2 N–H and O–H groups in total. The van der Waals surface area contributed by atoms with Crippen molar-refractivity contribution < 1.29 is 18.7 Å². The number of rotatable bonds is 6. The lowest BCUT2D eigenvalue weighted by molar-refractivity contribution is -0.129. The molecule has 0 heterocycles. The van der Waals surface area contributed by atoms with Crippen LogP contribution in [-0.2, 0) is 16.0 Å². The van der Waals surface area contributed by atoms with Crippen LogP contribution >= 0.6 is 0 Å². The Morgan fingerprint density at radius 3 is 2.21 bits per heavy atom. The highest BCUT2D eigenvalue weighted by Gasteiger charge is 2.11. The molecule has 0 fully saturated rings. The number of hydrazine groups is 1. The molecule has 0 aliphatic carbocycles. The Kier molecular flexibility index (Phi) is 6.36. The molecule has 28 heavy (non-hydrogen) atoms. The van der Waals surface area contributed by atoms with E-state index >= 15 is 0 Å². The molecular weight excluding hydrogens is 359 g/mol. The normalized spacial score (nSPS) is 10.2. The minimum Gasteiger partial charge on any atom is -0.483 e. The lowest BCUT2D eigenvalue weighted by atomic mass is 10.1. The number of amides is 2. The Balaban J connectivity index is 1.51. The Bertz CT molecular complexity index is 961. The first-order valence-corrected chi connectivity index (χ1v) is 8.72. The number of benzene rings is 3. The molecule has 3 aromatic carbocycles. The van der Waals surface area contributed by atoms with E-state index in [4.69, 9.17) is 4.74 Å². The number of nitrogens with one attached hydrogen (secondary N) is 2. The third kappa shape index (κ3) is 5.17. The van der Waals surface area contributed by atoms with E-state index in [0.717, 1.165) is 11.1 Å². The molecule has 0 saturated carbocycles. The van der Waals surface area contributed by atoms with Crippen LogP contribution in [0.25, 0.3) is 11.1 Å². The van der Waals surface area contributed by atoms with Crippen LogP contribution < -0.4 is 15.6 Å². The highest BCUT2D eigenvalue weighted by molar-refractivity contribution is 5.84. The lowest BCUT2D eigenvalue weighted by Gasteiger charge is -2.12. The second kappa shape index (κ2) is 9.32. The average molecular weight is 378 g/mol. The van der Waals surface area contributed by atoms with Gasteiger partial charge < -0.3 is 4.74 Å². The van der Waals surface area contributed by atoms with E-state index in [-0.39, 0.29) is 18.6 Å². The van der Waals surface area contributed by atoms with Crippen LogP contribution in [0.4, 0.5) is 4.39 Å². The summed E-state index contributed by atoms with van der Waals surface area (Å²) in [5.74, 6) is -0.959. The second-order valence-corrected chi connectivity index (χ2v) is 6.02. The van der Waals surface area contributed by atoms with Gasteiger partial charge in [0.05, 0.1) is 6.42 Å². The predicted molar refractivity (Wildman–Crippen MR) is 104 cm³/mol. The molecule has 0 spiro atoms. The quantitative estimate of drug-likeness (QED) is 0.647. The van der Waals surface area contributed by atoms with Crippen LogP contribution in [0.5, 0.6) is 5.75 Å². The zero-order valence-corrected chi connectivity index (χ0v) is 15.0. The van der Waals surface area contributed by atoms with Crippen LogP contribution in [0.15, 0.2) is 78.9 Å². The molecule has 5 nitrogen and oxygen atoms in total. The fourth-order valence-electron chi connectivity index (χ4n) is 2.63. The van der Waals surface area contributed by atoms with Crippen LogP contribution in [0.2, 0.25) is 0 Å².